The van der Waals surface area contributed by atoms with E-state index in [4.69, 9.17) is 11.6 Å². The first-order valence-corrected chi connectivity index (χ1v) is 7.53. The van der Waals surface area contributed by atoms with E-state index in [0.29, 0.717) is 17.1 Å². The van der Waals surface area contributed by atoms with Gasteiger partial charge in [0.15, 0.2) is 0 Å². The number of aromatic nitrogens is 2. The van der Waals surface area contributed by atoms with Crippen molar-refractivity contribution >= 4 is 11.6 Å². The van der Waals surface area contributed by atoms with Gasteiger partial charge in [0.2, 0.25) is 0 Å². The van der Waals surface area contributed by atoms with E-state index in [9.17, 15) is 4.39 Å². The Labute approximate surface area is 130 Å². The lowest BCUT2D eigenvalue weighted by atomic mass is 10.1. The first-order valence-electron chi connectivity index (χ1n) is 7.15. The molecule has 1 unspecified atom stereocenters. The summed E-state index contributed by atoms with van der Waals surface area (Å²) in [5, 5.41) is 8.48. The molecule has 0 aliphatic carbocycles. The van der Waals surface area contributed by atoms with Crippen LogP contribution in [0.3, 0.4) is 0 Å². The van der Waals surface area contributed by atoms with Gasteiger partial charge in [-0.1, -0.05) is 18.5 Å². The summed E-state index contributed by atoms with van der Waals surface area (Å²) in [5.41, 5.74) is 3.76. The molecule has 2 rings (SSSR count). The molecule has 0 aliphatic rings. The van der Waals surface area contributed by atoms with E-state index < -0.39 is 0 Å². The summed E-state index contributed by atoms with van der Waals surface area (Å²) in [6.45, 7) is 9.48. The van der Waals surface area contributed by atoms with Gasteiger partial charge in [-0.25, -0.2) is 4.39 Å². The van der Waals surface area contributed by atoms with E-state index in [1.54, 1.807) is 12.1 Å². The van der Waals surface area contributed by atoms with Crippen molar-refractivity contribution in [1.29, 1.82) is 0 Å². The van der Waals surface area contributed by atoms with Crippen LogP contribution in [0.4, 0.5) is 4.39 Å². The molecule has 0 fully saturated rings. The highest BCUT2D eigenvalue weighted by molar-refractivity contribution is 6.30. The van der Waals surface area contributed by atoms with Crippen molar-refractivity contribution in [3.8, 4) is 0 Å². The van der Waals surface area contributed by atoms with E-state index in [1.807, 2.05) is 18.5 Å². The summed E-state index contributed by atoms with van der Waals surface area (Å²) in [7, 11) is 0. The lowest BCUT2D eigenvalue weighted by Crippen LogP contribution is -2.19. The smallest absolute Gasteiger partial charge is 0.128 e. The number of aryl methyl sites for hydroxylation is 1. The summed E-state index contributed by atoms with van der Waals surface area (Å²) in [6.07, 6.45) is 0. The molecule has 0 bridgehead atoms. The topological polar surface area (TPSA) is 29.9 Å². The molecule has 5 heteroatoms. The van der Waals surface area contributed by atoms with Crippen LogP contribution in [0, 0.1) is 19.7 Å². The van der Waals surface area contributed by atoms with E-state index in [-0.39, 0.29) is 11.9 Å². The Hall–Kier alpha value is -1.39. The molecule has 0 saturated heterocycles. The SMILES string of the molecule is CCNC(C)c1c(C)nn(Cc2cc(Cl)ccc2F)c1C. The van der Waals surface area contributed by atoms with Crippen LogP contribution in [-0.2, 0) is 6.54 Å². The summed E-state index contributed by atoms with van der Waals surface area (Å²) >= 11 is 5.94. The third kappa shape index (κ3) is 3.44. The lowest BCUT2D eigenvalue weighted by molar-refractivity contribution is 0.573. The van der Waals surface area contributed by atoms with Crippen LogP contribution >= 0.6 is 11.6 Å². The zero-order valence-electron chi connectivity index (χ0n) is 12.9. The average Bonchev–Trinajstić information content (AvgIpc) is 2.69. The van der Waals surface area contributed by atoms with Crippen LogP contribution in [0.1, 0.15) is 42.4 Å². The summed E-state index contributed by atoms with van der Waals surface area (Å²) < 4.78 is 15.7. The summed E-state index contributed by atoms with van der Waals surface area (Å²) in [6, 6.07) is 4.83. The van der Waals surface area contributed by atoms with E-state index in [2.05, 4.69) is 24.3 Å². The van der Waals surface area contributed by atoms with Crippen LogP contribution in [0.5, 0.6) is 0 Å². The number of halogens is 2. The fraction of sp³-hybridized carbons (Fsp3) is 0.438. The maximum Gasteiger partial charge on any atom is 0.128 e. The van der Waals surface area contributed by atoms with Crippen molar-refractivity contribution in [2.75, 3.05) is 6.54 Å². The van der Waals surface area contributed by atoms with Crippen molar-refractivity contribution < 1.29 is 4.39 Å². The molecule has 21 heavy (non-hydrogen) atoms. The van der Waals surface area contributed by atoms with Crippen LogP contribution in [0.25, 0.3) is 0 Å². The second-order valence-electron chi connectivity index (χ2n) is 5.26. The number of rotatable bonds is 5. The minimum atomic E-state index is -0.256. The number of nitrogens with zero attached hydrogens (tertiary/aromatic N) is 2. The van der Waals surface area contributed by atoms with Gasteiger partial charge in [0.25, 0.3) is 0 Å². The maximum absolute atomic E-state index is 13.9. The third-order valence-corrected chi connectivity index (χ3v) is 3.94. The van der Waals surface area contributed by atoms with Crippen LogP contribution in [0.2, 0.25) is 5.02 Å². The van der Waals surface area contributed by atoms with E-state index in [1.165, 1.54) is 11.6 Å². The molecule has 114 valence electrons. The van der Waals surface area contributed by atoms with Gasteiger partial charge in [0, 0.05) is 27.9 Å². The average molecular weight is 310 g/mol. The highest BCUT2D eigenvalue weighted by atomic mass is 35.5. The van der Waals surface area contributed by atoms with Crippen LogP contribution in [0.15, 0.2) is 18.2 Å². The summed E-state index contributed by atoms with van der Waals surface area (Å²) in [4.78, 5) is 0. The molecule has 0 radical (unpaired) electrons. The zero-order valence-corrected chi connectivity index (χ0v) is 13.6. The number of nitrogens with one attached hydrogen (secondary N) is 1. The minimum Gasteiger partial charge on any atom is -0.310 e. The molecule has 0 saturated carbocycles. The van der Waals surface area contributed by atoms with Crippen molar-refractivity contribution in [2.45, 2.75) is 40.3 Å². The molecule has 3 nitrogen and oxygen atoms in total. The lowest BCUT2D eigenvalue weighted by Gasteiger charge is -2.13. The Bertz CT molecular complexity index is 637. The van der Waals surface area contributed by atoms with Gasteiger partial charge in [-0.2, -0.15) is 5.10 Å². The molecule has 0 amide bonds. The molecular formula is C16H21ClFN3. The quantitative estimate of drug-likeness (QED) is 0.904. The number of hydrogen-bond acceptors (Lipinski definition) is 2. The third-order valence-electron chi connectivity index (χ3n) is 3.71. The molecule has 1 heterocycles. The van der Waals surface area contributed by atoms with Gasteiger partial charge in [0.1, 0.15) is 5.82 Å². The maximum atomic E-state index is 13.9. The second-order valence-corrected chi connectivity index (χ2v) is 5.69. The second kappa shape index (κ2) is 6.58. The molecule has 0 aliphatic heterocycles. The molecule has 1 atom stereocenters. The van der Waals surface area contributed by atoms with Crippen molar-refractivity contribution in [3.63, 3.8) is 0 Å². The van der Waals surface area contributed by atoms with Gasteiger partial charge in [-0.15, -0.1) is 0 Å². The highest BCUT2D eigenvalue weighted by Crippen LogP contribution is 2.23. The van der Waals surface area contributed by atoms with Gasteiger partial charge in [0.05, 0.1) is 12.2 Å². The largest absolute Gasteiger partial charge is 0.310 e. The standard InChI is InChI=1S/C16H21ClFN3/c1-5-19-10(2)16-11(3)20-21(12(16)4)9-13-8-14(17)6-7-15(13)18/h6-8,10,19H,5,9H2,1-4H3. The predicted octanol–water partition coefficient (Wildman–Crippen LogP) is 4.01. The first-order chi connectivity index (χ1) is 9.93. The summed E-state index contributed by atoms with van der Waals surface area (Å²) in [5.74, 6) is -0.256. The monoisotopic (exact) mass is 309 g/mol. The minimum absolute atomic E-state index is 0.230. The van der Waals surface area contributed by atoms with Crippen molar-refractivity contribution in [3.05, 3.63) is 51.6 Å². The molecule has 0 spiro atoms. The van der Waals surface area contributed by atoms with Crippen LogP contribution < -0.4 is 5.32 Å². The first kappa shape index (κ1) is 16.0. The normalized spacial score (nSPS) is 12.7. The number of benzene rings is 1. The molecule has 1 aromatic heterocycles. The molecular weight excluding hydrogens is 289 g/mol. The van der Waals surface area contributed by atoms with Gasteiger partial charge >= 0.3 is 0 Å². The molecule has 2 aromatic rings. The molecule has 1 N–H and O–H groups in total. The fourth-order valence-electron chi connectivity index (χ4n) is 2.73. The van der Waals surface area contributed by atoms with Gasteiger partial charge in [-0.3, -0.25) is 4.68 Å². The van der Waals surface area contributed by atoms with Gasteiger partial charge < -0.3 is 5.32 Å². The Morgan fingerprint density at radius 3 is 2.76 bits per heavy atom. The van der Waals surface area contributed by atoms with Crippen LogP contribution in [-0.4, -0.2) is 16.3 Å². The molecule has 1 aromatic carbocycles. The van der Waals surface area contributed by atoms with E-state index in [0.717, 1.165) is 17.9 Å². The van der Waals surface area contributed by atoms with Crippen molar-refractivity contribution in [1.82, 2.24) is 15.1 Å². The van der Waals surface area contributed by atoms with E-state index >= 15 is 0 Å². The Morgan fingerprint density at radius 1 is 1.38 bits per heavy atom. The highest BCUT2D eigenvalue weighted by Gasteiger charge is 2.17. The Kier molecular flexibility index (Phi) is 5.01. The fourth-order valence-corrected chi connectivity index (χ4v) is 2.92. The Morgan fingerprint density at radius 2 is 2.10 bits per heavy atom. The zero-order chi connectivity index (χ0) is 15.6. The Balaban J connectivity index is 2.33. The van der Waals surface area contributed by atoms with Gasteiger partial charge in [-0.05, 0) is 45.5 Å². The predicted molar refractivity (Wildman–Crippen MR) is 84.3 cm³/mol. The number of hydrogen-bond donors (Lipinski definition) is 1. The van der Waals surface area contributed by atoms with Crippen molar-refractivity contribution in [2.24, 2.45) is 0 Å².